The molecule has 2 aromatic carbocycles. The molecular formula is C21H20Cl2N2O2. The van der Waals surface area contributed by atoms with E-state index >= 15 is 0 Å². The van der Waals surface area contributed by atoms with Crippen molar-refractivity contribution in [1.29, 1.82) is 0 Å². The summed E-state index contributed by atoms with van der Waals surface area (Å²) in [7, 11) is 0. The van der Waals surface area contributed by atoms with Crippen LogP contribution in [0.15, 0.2) is 59.1 Å². The van der Waals surface area contributed by atoms with Gasteiger partial charge in [-0.05, 0) is 30.7 Å². The van der Waals surface area contributed by atoms with Gasteiger partial charge >= 0.3 is 0 Å². The Morgan fingerprint density at radius 3 is 2.48 bits per heavy atom. The Morgan fingerprint density at radius 2 is 1.78 bits per heavy atom. The number of rotatable bonds is 7. The first-order chi connectivity index (χ1) is 13.1. The lowest BCUT2D eigenvalue weighted by atomic mass is 10.2. The molecule has 6 heteroatoms. The summed E-state index contributed by atoms with van der Waals surface area (Å²) in [4.78, 5) is 18.6. The molecule has 1 amide bonds. The van der Waals surface area contributed by atoms with E-state index in [0.29, 0.717) is 47.6 Å². The Balaban J connectivity index is 1.61. The van der Waals surface area contributed by atoms with Crippen molar-refractivity contribution in [1.82, 2.24) is 9.88 Å². The molecule has 0 aliphatic rings. The van der Waals surface area contributed by atoms with Crippen LogP contribution in [0.3, 0.4) is 0 Å². The molecule has 0 aliphatic heterocycles. The van der Waals surface area contributed by atoms with Crippen LogP contribution in [0.5, 0.6) is 0 Å². The number of halogens is 2. The first-order valence-electron chi connectivity index (χ1n) is 8.79. The van der Waals surface area contributed by atoms with Crippen molar-refractivity contribution in [2.75, 3.05) is 6.54 Å². The number of carbonyl (C=O) groups excluding carboxylic acids is 1. The minimum absolute atomic E-state index is 0.0370. The van der Waals surface area contributed by atoms with Gasteiger partial charge in [-0.3, -0.25) is 4.79 Å². The normalized spacial score (nSPS) is 10.8. The van der Waals surface area contributed by atoms with Gasteiger partial charge in [0.25, 0.3) is 0 Å². The standard InChI is InChI=1S/C21H20Cl2N2O2/c1-2-25(14-15-7-3-5-9-17(15)22)21(26)12-11-20-24-13-19(27-20)16-8-4-6-10-18(16)23/h3-10,13H,2,11-12,14H2,1H3. The van der Waals surface area contributed by atoms with Gasteiger partial charge in [0, 0.05) is 36.5 Å². The summed E-state index contributed by atoms with van der Waals surface area (Å²) < 4.78 is 5.76. The third-order valence-electron chi connectivity index (χ3n) is 4.30. The largest absolute Gasteiger partial charge is 0.441 e. The van der Waals surface area contributed by atoms with E-state index in [1.165, 1.54) is 0 Å². The summed E-state index contributed by atoms with van der Waals surface area (Å²) in [5, 5.41) is 1.27. The number of nitrogens with zero attached hydrogens (tertiary/aromatic N) is 2. The molecule has 0 saturated heterocycles. The number of carbonyl (C=O) groups is 1. The van der Waals surface area contributed by atoms with E-state index in [1.807, 2.05) is 49.4 Å². The highest BCUT2D eigenvalue weighted by Crippen LogP contribution is 2.28. The second-order valence-corrected chi connectivity index (χ2v) is 6.91. The molecular weight excluding hydrogens is 383 g/mol. The number of oxazole rings is 1. The lowest BCUT2D eigenvalue weighted by Gasteiger charge is -2.21. The van der Waals surface area contributed by atoms with Crippen molar-refractivity contribution in [2.45, 2.75) is 26.3 Å². The zero-order valence-corrected chi connectivity index (χ0v) is 16.5. The zero-order valence-electron chi connectivity index (χ0n) is 15.0. The average molecular weight is 403 g/mol. The quantitative estimate of drug-likeness (QED) is 0.514. The summed E-state index contributed by atoms with van der Waals surface area (Å²) in [5.41, 5.74) is 1.73. The third kappa shape index (κ3) is 4.90. The Kier molecular flexibility index (Phi) is 6.54. The summed E-state index contributed by atoms with van der Waals surface area (Å²) >= 11 is 12.4. The fourth-order valence-corrected chi connectivity index (χ4v) is 3.22. The molecule has 1 heterocycles. The van der Waals surface area contributed by atoms with Gasteiger partial charge in [-0.1, -0.05) is 53.5 Å². The van der Waals surface area contributed by atoms with Gasteiger partial charge in [-0.2, -0.15) is 0 Å². The second-order valence-electron chi connectivity index (χ2n) is 6.10. The highest BCUT2D eigenvalue weighted by Gasteiger charge is 2.16. The Morgan fingerprint density at radius 1 is 1.07 bits per heavy atom. The summed E-state index contributed by atoms with van der Waals surface area (Å²) in [6.07, 6.45) is 2.39. The Hall–Kier alpha value is -2.30. The number of benzene rings is 2. The van der Waals surface area contributed by atoms with Crippen LogP contribution in [-0.4, -0.2) is 22.3 Å². The van der Waals surface area contributed by atoms with Gasteiger partial charge in [-0.25, -0.2) is 4.98 Å². The molecule has 1 aromatic heterocycles. The molecule has 0 atom stereocenters. The average Bonchev–Trinajstić information content (AvgIpc) is 3.14. The third-order valence-corrected chi connectivity index (χ3v) is 5.00. The molecule has 3 rings (SSSR count). The number of hydrogen-bond acceptors (Lipinski definition) is 3. The zero-order chi connectivity index (χ0) is 19.2. The molecule has 0 N–H and O–H groups in total. The maximum absolute atomic E-state index is 12.6. The first kappa shape index (κ1) is 19.5. The number of hydrogen-bond donors (Lipinski definition) is 0. The molecule has 0 bridgehead atoms. The summed E-state index contributed by atoms with van der Waals surface area (Å²) in [6.45, 7) is 3.06. The van der Waals surface area contributed by atoms with Crippen molar-refractivity contribution in [3.05, 3.63) is 76.2 Å². The van der Waals surface area contributed by atoms with Crippen LogP contribution in [-0.2, 0) is 17.8 Å². The van der Waals surface area contributed by atoms with Crippen LogP contribution in [0, 0.1) is 0 Å². The molecule has 0 saturated carbocycles. The smallest absolute Gasteiger partial charge is 0.223 e. The first-order valence-corrected chi connectivity index (χ1v) is 9.55. The predicted octanol–water partition coefficient (Wildman–Crippen LogP) is 5.63. The fourth-order valence-electron chi connectivity index (χ4n) is 2.79. The van der Waals surface area contributed by atoms with Gasteiger partial charge in [0.2, 0.25) is 5.91 Å². The fraction of sp³-hybridized carbons (Fsp3) is 0.238. The van der Waals surface area contributed by atoms with Crippen molar-refractivity contribution < 1.29 is 9.21 Å². The molecule has 0 spiro atoms. The predicted molar refractivity (Wildman–Crippen MR) is 108 cm³/mol. The highest BCUT2D eigenvalue weighted by molar-refractivity contribution is 6.33. The van der Waals surface area contributed by atoms with E-state index in [9.17, 15) is 4.79 Å². The Bertz CT molecular complexity index is 924. The number of amides is 1. The maximum Gasteiger partial charge on any atom is 0.223 e. The van der Waals surface area contributed by atoms with Gasteiger partial charge in [0.1, 0.15) is 0 Å². The van der Waals surface area contributed by atoms with Crippen LogP contribution in [0.1, 0.15) is 24.8 Å². The molecule has 0 aliphatic carbocycles. The van der Waals surface area contributed by atoms with Crippen molar-refractivity contribution >= 4 is 29.1 Å². The van der Waals surface area contributed by atoms with E-state index < -0.39 is 0 Å². The van der Waals surface area contributed by atoms with E-state index in [4.69, 9.17) is 27.6 Å². The van der Waals surface area contributed by atoms with Crippen molar-refractivity contribution in [2.24, 2.45) is 0 Å². The lowest BCUT2D eigenvalue weighted by Crippen LogP contribution is -2.30. The van der Waals surface area contributed by atoms with Crippen LogP contribution in [0.25, 0.3) is 11.3 Å². The molecule has 140 valence electrons. The molecule has 3 aromatic rings. The molecule has 27 heavy (non-hydrogen) atoms. The highest BCUT2D eigenvalue weighted by atomic mass is 35.5. The van der Waals surface area contributed by atoms with Gasteiger partial charge < -0.3 is 9.32 Å². The topological polar surface area (TPSA) is 46.3 Å². The van der Waals surface area contributed by atoms with Crippen LogP contribution >= 0.6 is 23.2 Å². The van der Waals surface area contributed by atoms with E-state index in [2.05, 4.69) is 4.98 Å². The SMILES string of the molecule is CCN(Cc1ccccc1Cl)C(=O)CCc1ncc(-c2ccccc2Cl)o1. The van der Waals surface area contributed by atoms with E-state index in [-0.39, 0.29) is 5.91 Å². The minimum atomic E-state index is 0.0370. The van der Waals surface area contributed by atoms with Gasteiger partial charge in [0.15, 0.2) is 11.7 Å². The van der Waals surface area contributed by atoms with Gasteiger partial charge in [0.05, 0.1) is 11.2 Å². The number of aryl methyl sites for hydroxylation is 1. The molecule has 0 fully saturated rings. The van der Waals surface area contributed by atoms with Crippen LogP contribution in [0.2, 0.25) is 10.0 Å². The molecule has 0 radical (unpaired) electrons. The monoisotopic (exact) mass is 402 g/mol. The Labute approximate surface area is 168 Å². The lowest BCUT2D eigenvalue weighted by molar-refractivity contribution is -0.131. The van der Waals surface area contributed by atoms with Gasteiger partial charge in [-0.15, -0.1) is 0 Å². The maximum atomic E-state index is 12.6. The molecule has 0 unspecified atom stereocenters. The van der Waals surface area contributed by atoms with E-state index in [0.717, 1.165) is 11.1 Å². The van der Waals surface area contributed by atoms with Crippen LogP contribution < -0.4 is 0 Å². The molecule has 4 nitrogen and oxygen atoms in total. The van der Waals surface area contributed by atoms with Crippen molar-refractivity contribution in [3.63, 3.8) is 0 Å². The minimum Gasteiger partial charge on any atom is -0.441 e. The second kappa shape index (κ2) is 9.07. The summed E-state index contributed by atoms with van der Waals surface area (Å²) in [5.74, 6) is 1.16. The van der Waals surface area contributed by atoms with Crippen LogP contribution in [0.4, 0.5) is 0 Å². The van der Waals surface area contributed by atoms with E-state index in [1.54, 1.807) is 17.2 Å². The summed E-state index contributed by atoms with van der Waals surface area (Å²) in [6, 6.07) is 15.0. The van der Waals surface area contributed by atoms with Crippen molar-refractivity contribution in [3.8, 4) is 11.3 Å². The number of aromatic nitrogens is 1.